The maximum absolute atomic E-state index is 9.22. The molecule has 0 amide bonds. The quantitative estimate of drug-likeness (QED) is 0.852. The molecule has 0 spiro atoms. The number of thiazole rings is 1. The van der Waals surface area contributed by atoms with Crippen LogP contribution in [0.2, 0.25) is 0 Å². The van der Waals surface area contributed by atoms with Crippen LogP contribution in [0.3, 0.4) is 0 Å². The van der Waals surface area contributed by atoms with Crippen LogP contribution >= 0.6 is 11.3 Å². The summed E-state index contributed by atoms with van der Waals surface area (Å²) in [6.07, 6.45) is 2.33. The number of aromatic nitrogens is 1. The van der Waals surface area contributed by atoms with Crippen LogP contribution in [-0.4, -0.2) is 34.2 Å². The summed E-state index contributed by atoms with van der Waals surface area (Å²) >= 11 is 1.78. The maximum atomic E-state index is 9.22. The molecule has 0 saturated carbocycles. The molecule has 2 rings (SSSR count). The van der Waals surface area contributed by atoms with E-state index in [0.717, 1.165) is 25.2 Å². The van der Waals surface area contributed by atoms with Crippen LogP contribution in [0, 0.1) is 13.8 Å². The van der Waals surface area contributed by atoms with Crippen molar-refractivity contribution in [3.05, 3.63) is 15.6 Å². The van der Waals surface area contributed by atoms with Crippen LogP contribution in [0.5, 0.6) is 0 Å². The van der Waals surface area contributed by atoms with E-state index in [9.17, 15) is 5.11 Å². The van der Waals surface area contributed by atoms with Crippen LogP contribution in [0.1, 0.15) is 28.4 Å². The van der Waals surface area contributed by atoms with E-state index in [1.165, 1.54) is 16.3 Å². The zero-order chi connectivity index (χ0) is 10.8. The minimum absolute atomic E-state index is 0.281. The lowest BCUT2D eigenvalue weighted by molar-refractivity contribution is 0.153. The molecule has 0 aromatic carbocycles. The molecule has 1 aromatic heterocycles. The third-order valence-electron chi connectivity index (χ3n) is 3.12. The molecule has 0 aliphatic carbocycles. The SMILES string of the molecule is Cc1nc(CN2CCCC2CO)sc1C. The molecule has 1 N–H and O–H groups in total. The van der Waals surface area contributed by atoms with Gasteiger partial charge in [-0.25, -0.2) is 4.98 Å². The maximum Gasteiger partial charge on any atom is 0.107 e. The topological polar surface area (TPSA) is 36.4 Å². The third-order valence-corrected chi connectivity index (χ3v) is 4.18. The van der Waals surface area contributed by atoms with Gasteiger partial charge in [-0.3, -0.25) is 4.90 Å². The van der Waals surface area contributed by atoms with Crippen molar-refractivity contribution in [3.63, 3.8) is 0 Å². The molecule has 3 nitrogen and oxygen atoms in total. The number of nitrogens with zero attached hydrogens (tertiary/aromatic N) is 2. The second-order valence-corrected chi connectivity index (χ2v) is 5.49. The predicted octanol–water partition coefficient (Wildman–Crippen LogP) is 1.72. The van der Waals surface area contributed by atoms with E-state index in [0.29, 0.717) is 6.04 Å². The minimum atomic E-state index is 0.281. The summed E-state index contributed by atoms with van der Waals surface area (Å²) in [5.74, 6) is 0. The van der Waals surface area contributed by atoms with E-state index in [1.807, 2.05) is 0 Å². The first-order valence-corrected chi connectivity index (χ1v) is 6.30. The first kappa shape index (κ1) is 11.0. The Morgan fingerprint density at radius 1 is 1.53 bits per heavy atom. The zero-order valence-electron chi connectivity index (χ0n) is 9.36. The average Bonchev–Trinajstić information content (AvgIpc) is 2.75. The Morgan fingerprint density at radius 3 is 2.93 bits per heavy atom. The highest BCUT2D eigenvalue weighted by Gasteiger charge is 2.24. The van der Waals surface area contributed by atoms with E-state index < -0.39 is 0 Å². The Morgan fingerprint density at radius 2 is 2.33 bits per heavy atom. The summed E-state index contributed by atoms with van der Waals surface area (Å²) in [6, 6.07) is 0.356. The van der Waals surface area contributed by atoms with E-state index >= 15 is 0 Å². The highest BCUT2D eigenvalue weighted by atomic mass is 32.1. The van der Waals surface area contributed by atoms with Crippen LogP contribution in [-0.2, 0) is 6.54 Å². The Kier molecular flexibility index (Phi) is 3.38. The van der Waals surface area contributed by atoms with Crippen molar-refractivity contribution < 1.29 is 5.11 Å². The molecule has 1 aliphatic heterocycles. The summed E-state index contributed by atoms with van der Waals surface area (Å²) in [5.41, 5.74) is 1.15. The molecule has 1 aromatic rings. The zero-order valence-corrected chi connectivity index (χ0v) is 10.2. The van der Waals surface area contributed by atoms with E-state index in [2.05, 4.69) is 23.7 Å². The lowest BCUT2D eigenvalue weighted by Crippen LogP contribution is -2.31. The fourth-order valence-corrected chi connectivity index (χ4v) is 3.05. The summed E-state index contributed by atoms with van der Waals surface area (Å²) in [6.45, 7) is 6.46. The van der Waals surface area contributed by atoms with Gasteiger partial charge in [-0.05, 0) is 33.2 Å². The van der Waals surface area contributed by atoms with Crippen molar-refractivity contribution in [2.24, 2.45) is 0 Å². The lowest BCUT2D eigenvalue weighted by atomic mass is 10.2. The second kappa shape index (κ2) is 4.60. The van der Waals surface area contributed by atoms with Crippen molar-refractivity contribution in [2.75, 3.05) is 13.2 Å². The van der Waals surface area contributed by atoms with Gasteiger partial charge in [0.25, 0.3) is 0 Å². The molecule has 15 heavy (non-hydrogen) atoms. The van der Waals surface area contributed by atoms with Gasteiger partial charge < -0.3 is 5.11 Å². The number of hydrogen-bond donors (Lipinski definition) is 1. The Bertz CT molecular complexity index is 318. The Labute approximate surface area is 94.8 Å². The number of hydrogen-bond acceptors (Lipinski definition) is 4. The lowest BCUT2D eigenvalue weighted by Gasteiger charge is -2.20. The van der Waals surface area contributed by atoms with Crippen molar-refractivity contribution in [1.82, 2.24) is 9.88 Å². The predicted molar refractivity (Wildman–Crippen MR) is 62.1 cm³/mol. The molecular formula is C11H18N2OS. The number of aryl methyl sites for hydroxylation is 2. The van der Waals surface area contributed by atoms with Crippen LogP contribution < -0.4 is 0 Å². The summed E-state index contributed by atoms with van der Waals surface area (Å²) in [5, 5.41) is 10.4. The highest BCUT2D eigenvalue weighted by molar-refractivity contribution is 7.11. The van der Waals surface area contributed by atoms with E-state index in [4.69, 9.17) is 0 Å². The average molecular weight is 226 g/mol. The van der Waals surface area contributed by atoms with Crippen molar-refractivity contribution >= 4 is 11.3 Å². The summed E-state index contributed by atoms with van der Waals surface area (Å²) < 4.78 is 0. The van der Waals surface area contributed by atoms with Crippen LogP contribution in [0.15, 0.2) is 0 Å². The molecular weight excluding hydrogens is 208 g/mol. The van der Waals surface area contributed by atoms with E-state index in [-0.39, 0.29) is 6.61 Å². The van der Waals surface area contributed by atoms with Gasteiger partial charge in [0.15, 0.2) is 0 Å². The van der Waals surface area contributed by atoms with Crippen molar-refractivity contribution in [3.8, 4) is 0 Å². The largest absolute Gasteiger partial charge is 0.395 e. The van der Waals surface area contributed by atoms with Gasteiger partial charge in [-0.15, -0.1) is 11.3 Å². The van der Waals surface area contributed by atoms with Crippen molar-refractivity contribution in [2.45, 2.75) is 39.3 Å². The molecule has 1 unspecified atom stereocenters. The first-order valence-electron chi connectivity index (χ1n) is 5.48. The summed E-state index contributed by atoms with van der Waals surface area (Å²) in [7, 11) is 0. The minimum Gasteiger partial charge on any atom is -0.395 e. The third kappa shape index (κ3) is 2.38. The second-order valence-electron chi connectivity index (χ2n) is 4.20. The fourth-order valence-electron chi connectivity index (χ4n) is 2.09. The van der Waals surface area contributed by atoms with E-state index in [1.54, 1.807) is 11.3 Å². The fraction of sp³-hybridized carbons (Fsp3) is 0.727. The Hall–Kier alpha value is -0.450. The smallest absolute Gasteiger partial charge is 0.107 e. The van der Waals surface area contributed by atoms with Gasteiger partial charge in [-0.2, -0.15) is 0 Å². The first-order chi connectivity index (χ1) is 7.20. The number of rotatable bonds is 3. The van der Waals surface area contributed by atoms with Crippen LogP contribution in [0.25, 0.3) is 0 Å². The van der Waals surface area contributed by atoms with Gasteiger partial charge >= 0.3 is 0 Å². The normalized spacial score (nSPS) is 22.5. The molecule has 2 heterocycles. The van der Waals surface area contributed by atoms with Crippen LogP contribution in [0.4, 0.5) is 0 Å². The van der Waals surface area contributed by atoms with Gasteiger partial charge in [0.05, 0.1) is 18.8 Å². The molecule has 0 radical (unpaired) electrons. The van der Waals surface area contributed by atoms with Gasteiger partial charge in [0.2, 0.25) is 0 Å². The molecule has 84 valence electrons. The number of aliphatic hydroxyl groups excluding tert-OH is 1. The molecule has 1 saturated heterocycles. The standard InChI is InChI=1S/C11H18N2OS/c1-8-9(2)15-11(12-8)6-13-5-3-4-10(13)7-14/h10,14H,3-7H2,1-2H3. The van der Waals surface area contributed by atoms with Gasteiger partial charge in [-0.1, -0.05) is 0 Å². The van der Waals surface area contributed by atoms with Crippen molar-refractivity contribution in [1.29, 1.82) is 0 Å². The molecule has 1 fully saturated rings. The molecule has 0 bridgehead atoms. The molecule has 1 aliphatic rings. The van der Waals surface area contributed by atoms with Gasteiger partial charge in [0, 0.05) is 10.9 Å². The highest BCUT2D eigenvalue weighted by Crippen LogP contribution is 2.23. The van der Waals surface area contributed by atoms with Gasteiger partial charge in [0.1, 0.15) is 5.01 Å². The number of aliphatic hydroxyl groups is 1. The number of likely N-dealkylation sites (tertiary alicyclic amines) is 1. The Balaban J connectivity index is 2.02. The summed E-state index contributed by atoms with van der Waals surface area (Å²) in [4.78, 5) is 8.19. The molecule has 4 heteroatoms. The monoisotopic (exact) mass is 226 g/mol. The molecule has 1 atom stereocenters.